The predicted octanol–water partition coefficient (Wildman–Crippen LogP) is 9.47. The van der Waals surface area contributed by atoms with Crippen molar-refractivity contribution in [2.24, 2.45) is 4.99 Å². The van der Waals surface area contributed by atoms with Gasteiger partial charge in [-0.1, -0.05) is 104 Å². The van der Waals surface area contributed by atoms with Gasteiger partial charge in [-0.25, -0.2) is 14.4 Å². The highest BCUT2D eigenvalue weighted by atomic mass is 32.2. The number of aliphatic imine (C=N–C) groups is 1. The fourth-order valence-electron chi connectivity index (χ4n) is 6.03. The van der Waals surface area contributed by atoms with Crippen molar-refractivity contribution in [3.8, 4) is 0 Å². The van der Waals surface area contributed by atoms with Gasteiger partial charge in [0.15, 0.2) is 0 Å². The first-order valence-corrected chi connectivity index (χ1v) is 21.4. The molecule has 0 saturated carbocycles. The van der Waals surface area contributed by atoms with Crippen molar-refractivity contribution < 1.29 is 33.4 Å². The number of nitrogens with one attached hydrogen (secondary N) is 4. The van der Waals surface area contributed by atoms with Gasteiger partial charge in [0.05, 0.1) is 4.75 Å². The molecule has 0 spiro atoms. The largest absolute Gasteiger partial charge is 0.444 e. The standard InChI is InChI=1S/C46H65N5O7S/c1-43(2,3)56-40(53)49-37(30-23-32-48-39(50-41(54)57-44(4,5)6)51-42(55)58-45(7,8)9)38(52)47-31-21-10-11-22-33-59-46(34-24-15-12-16-25-34,35-26-17-13-18-27-35)36-28-19-14-20-29-36/h12-20,24-29,37H,10-11,21-23,30-33H2,1-9H3,(H,47,52)(H,49,53)(H2,48,50,51,54,55). The average Bonchev–Trinajstić information content (AvgIpc) is 3.14. The number of amides is 4. The van der Waals surface area contributed by atoms with Gasteiger partial charge in [0.25, 0.3) is 0 Å². The second-order valence-corrected chi connectivity index (χ2v) is 18.5. The molecule has 0 radical (unpaired) electrons. The number of benzene rings is 3. The number of guanidine groups is 1. The summed E-state index contributed by atoms with van der Waals surface area (Å²) in [6.07, 6.45) is 1.86. The summed E-state index contributed by atoms with van der Waals surface area (Å²) < 4.78 is 15.7. The predicted molar refractivity (Wildman–Crippen MR) is 237 cm³/mol. The number of thioether (sulfide) groups is 1. The SMILES string of the molecule is CC(C)(C)OC(=O)/N=C(\NCCCC(NC(=O)OC(C)(C)C)C(=O)NCCCCCCSC(c1ccccc1)(c1ccccc1)c1ccccc1)NC(=O)OC(C)(C)C. The van der Waals surface area contributed by atoms with Gasteiger partial charge in [-0.3, -0.25) is 10.1 Å². The van der Waals surface area contributed by atoms with Crippen molar-refractivity contribution >= 4 is 41.9 Å². The van der Waals surface area contributed by atoms with Crippen molar-refractivity contribution in [2.75, 3.05) is 18.8 Å². The number of carbonyl (C=O) groups excluding carboxylic acids is 4. The van der Waals surface area contributed by atoms with Crippen LogP contribution in [0, 0.1) is 0 Å². The Bertz CT molecular complexity index is 1690. The quantitative estimate of drug-likeness (QED) is 0.0342. The van der Waals surface area contributed by atoms with Gasteiger partial charge in [0.2, 0.25) is 11.9 Å². The summed E-state index contributed by atoms with van der Waals surface area (Å²) in [5.74, 6) is 0.441. The molecule has 0 aromatic heterocycles. The fraction of sp³-hybridized carbons (Fsp3) is 0.500. The summed E-state index contributed by atoms with van der Waals surface area (Å²) in [7, 11) is 0. The van der Waals surface area contributed by atoms with E-state index < -0.39 is 41.1 Å². The van der Waals surface area contributed by atoms with E-state index in [9.17, 15) is 19.2 Å². The topological polar surface area (TPSA) is 156 Å². The Morgan fingerprint density at radius 1 is 0.576 bits per heavy atom. The number of alkyl carbamates (subject to hydrolysis) is 2. The van der Waals surface area contributed by atoms with Gasteiger partial charge in [-0.05, 0) is 110 Å². The third-order valence-electron chi connectivity index (χ3n) is 8.42. The van der Waals surface area contributed by atoms with Crippen LogP contribution in [0.3, 0.4) is 0 Å². The molecule has 1 unspecified atom stereocenters. The zero-order valence-corrected chi connectivity index (χ0v) is 37.1. The number of nitrogens with zero attached hydrogens (tertiary/aromatic N) is 1. The highest BCUT2D eigenvalue weighted by Gasteiger charge is 2.36. The molecular weight excluding hydrogens is 767 g/mol. The van der Waals surface area contributed by atoms with Crippen molar-refractivity contribution in [1.29, 1.82) is 0 Å². The lowest BCUT2D eigenvalue weighted by Gasteiger charge is -2.35. The lowest BCUT2D eigenvalue weighted by Crippen LogP contribution is -2.49. The lowest BCUT2D eigenvalue weighted by molar-refractivity contribution is -0.123. The van der Waals surface area contributed by atoms with Gasteiger partial charge >= 0.3 is 18.3 Å². The fourth-order valence-corrected chi connectivity index (χ4v) is 7.59. The zero-order chi connectivity index (χ0) is 43.5. The van der Waals surface area contributed by atoms with Gasteiger partial charge in [-0.2, -0.15) is 0 Å². The molecule has 12 nitrogen and oxygen atoms in total. The van der Waals surface area contributed by atoms with Gasteiger partial charge < -0.3 is 30.2 Å². The highest BCUT2D eigenvalue weighted by Crippen LogP contribution is 2.48. The summed E-state index contributed by atoms with van der Waals surface area (Å²) in [4.78, 5) is 54.9. The second-order valence-electron chi connectivity index (χ2n) is 17.2. The molecule has 0 aliphatic heterocycles. The van der Waals surface area contributed by atoms with Crippen LogP contribution in [0.5, 0.6) is 0 Å². The molecular formula is C46H65N5O7S. The Hall–Kier alpha value is -5.04. The van der Waals surface area contributed by atoms with E-state index in [-0.39, 0.29) is 29.6 Å². The van der Waals surface area contributed by atoms with Crippen molar-refractivity contribution in [2.45, 2.75) is 128 Å². The number of ether oxygens (including phenoxy) is 3. The van der Waals surface area contributed by atoms with Crippen LogP contribution in [-0.2, 0) is 23.8 Å². The van der Waals surface area contributed by atoms with Crippen LogP contribution in [0.2, 0.25) is 0 Å². The normalized spacial score (nSPS) is 12.8. The number of hydrogen-bond donors (Lipinski definition) is 4. The Kier molecular flexibility index (Phi) is 18.8. The number of rotatable bonds is 17. The van der Waals surface area contributed by atoms with Crippen LogP contribution in [0.15, 0.2) is 96.0 Å². The zero-order valence-electron chi connectivity index (χ0n) is 36.3. The molecule has 3 rings (SSSR count). The van der Waals surface area contributed by atoms with E-state index in [4.69, 9.17) is 14.2 Å². The van der Waals surface area contributed by atoms with Crippen LogP contribution < -0.4 is 21.3 Å². The highest BCUT2D eigenvalue weighted by molar-refractivity contribution is 8.00. The van der Waals surface area contributed by atoms with Gasteiger partial charge in [0.1, 0.15) is 22.8 Å². The van der Waals surface area contributed by atoms with Crippen LogP contribution >= 0.6 is 11.8 Å². The van der Waals surface area contributed by atoms with Crippen molar-refractivity contribution in [1.82, 2.24) is 21.3 Å². The first kappa shape index (κ1) is 48.3. The van der Waals surface area contributed by atoms with E-state index in [1.807, 2.05) is 11.8 Å². The molecule has 0 fully saturated rings. The molecule has 0 aliphatic carbocycles. The molecule has 3 aromatic rings. The number of unbranched alkanes of at least 4 members (excludes halogenated alkanes) is 3. The Morgan fingerprint density at radius 3 is 1.53 bits per heavy atom. The second kappa shape index (κ2) is 22.9. The summed E-state index contributed by atoms with van der Waals surface area (Å²) in [6.45, 7) is 16.1. The number of hydrogen-bond acceptors (Lipinski definition) is 8. The van der Waals surface area contributed by atoms with Crippen molar-refractivity contribution in [3.05, 3.63) is 108 Å². The molecule has 322 valence electrons. The third kappa shape index (κ3) is 18.2. The summed E-state index contributed by atoms with van der Waals surface area (Å²) in [5.41, 5.74) is 1.38. The van der Waals surface area contributed by atoms with Crippen LogP contribution in [0.1, 0.15) is 118 Å². The molecule has 4 N–H and O–H groups in total. The van der Waals surface area contributed by atoms with Crippen LogP contribution in [-0.4, -0.2) is 71.8 Å². The molecule has 3 aromatic carbocycles. The summed E-state index contributed by atoms with van der Waals surface area (Å²) in [6, 6.07) is 31.1. The minimum Gasteiger partial charge on any atom is -0.444 e. The van der Waals surface area contributed by atoms with Gasteiger partial charge in [0, 0.05) is 13.1 Å². The molecule has 1 atom stereocenters. The number of carbonyl (C=O) groups is 4. The Labute approximate surface area is 355 Å². The van der Waals surface area contributed by atoms with E-state index in [2.05, 4.69) is 117 Å². The van der Waals surface area contributed by atoms with Crippen LogP contribution in [0.4, 0.5) is 14.4 Å². The summed E-state index contributed by atoms with van der Waals surface area (Å²) >= 11 is 1.95. The third-order valence-corrected chi connectivity index (χ3v) is 10.0. The molecule has 0 saturated heterocycles. The van der Waals surface area contributed by atoms with Crippen LogP contribution in [0.25, 0.3) is 0 Å². The van der Waals surface area contributed by atoms with Gasteiger partial charge in [-0.15, -0.1) is 16.8 Å². The minimum atomic E-state index is -0.904. The van der Waals surface area contributed by atoms with E-state index in [0.717, 1.165) is 31.4 Å². The molecule has 59 heavy (non-hydrogen) atoms. The maximum absolute atomic E-state index is 13.4. The van der Waals surface area contributed by atoms with E-state index in [0.29, 0.717) is 13.0 Å². The molecule has 0 bridgehead atoms. The monoisotopic (exact) mass is 831 g/mol. The average molecular weight is 832 g/mol. The smallest absolute Gasteiger partial charge is 0.437 e. The van der Waals surface area contributed by atoms with E-state index >= 15 is 0 Å². The minimum absolute atomic E-state index is 0.168. The Morgan fingerprint density at radius 2 is 1.03 bits per heavy atom. The Balaban J connectivity index is 1.57. The first-order chi connectivity index (χ1) is 27.8. The van der Waals surface area contributed by atoms with E-state index in [1.165, 1.54) is 16.7 Å². The molecule has 0 aliphatic rings. The maximum atomic E-state index is 13.4. The molecule has 13 heteroatoms. The molecule has 4 amide bonds. The van der Waals surface area contributed by atoms with Crippen molar-refractivity contribution in [3.63, 3.8) is 0 Å². The molecule has 0 heterocycles. The summed E-state index contributed by atoms with van der Waals surface area (Å²) in [5, 5.41) is 11.0. The lowest BCUT2D eigenvalue weighted by atomic mass is 9.84. The van der Waals surface area contributed by atoms with E-state index in [1.54, 1.807) is 62.3 Å². The first-order valence-electron chi connectivity index (χ1n) is 20.4. The maximum Gasteiger partial charge on any atom is 0.437 e.